The van der Waals surface area contributed by atoms with Crippen LogP contribution in [0.3, 0.4) is 0 Å². The molecule has 134 heavy (non-hydrogen) atoms. The predicted octanol–water partition coefficient (Wildman–Crippen LogP) is 16.7. The van der Waals surface area contributed by atoms with E-state index in [-0.39, 0.29) is 30.7 Å². The fourth-order valence-electron chi connectivity index (χ4n) is 14.4. The standard InChI is InChI=1S/C25H20N6O2S.2C24H20N6O4S.C19H16F3N5O2S/c1-30(2)21-8-6-18(7-9-21)19-11-23-24(15-28-25(23)27-13-19)20-14-29-31(16-20)34(32,33)22-5-3-4-17(10-22)12-26;1-28(2)19-8-6-16(7-9-19)17-10-22-23(14-26-24(22)25-12-17)18-13-27-29(15-18)35(33,34)21-5-3-4-20(11-21)30(31)32;1-28(2)19-9-7-16(8-10-19)17-11-20-21(14-26-24(20)25-12-17)18-13-27-29(15-18)35(33,34)23-6-4-3-5-22(23)30(31)32;1-26(2)15-5-3-12(4-6-15)13-7-16-17(10-24-18(16)23-8-13)14-9-25-27(11-14)30(28,29)19(20,21)22/h3-11,13-16H,1-2H3,(H,27,28);2*3-15H,1-2H3,(H,25,26);3-11H,1-2H3,(H,23,24). The molecule has 7 aromatic carbocycles. The zero-order valence-corrected chi connectivity index (χ0v) is 75.1. The van der Waals surface area contributed by atoms with Crippen LogP contribution in [0.15, 0.2) is 308 Å². The Morgan fingerprint density at radius 3 is 0.970 bits per heavy atom. The van der Waals surface area contributed by atoms with Crippen molar-refractivity contribution in [3.05, 3.63) is 319 Å². The van der Waals surface area contributed by atoms with Crippen LogP contribution in [0.25, 0.3) is 133 Å². The van der Waals surface area contributed by atoms with Crippen molar-refractivity contribution in [3.63, 3.8) is 0 Å². The molecule has 0 saturated carbocycles. The summed E-state index contributed by atoms with van der Waals surface area (Å²) < 4.78 is 142. The van der Waals surface area contributed by atoms with E-state index < -0.39 is 66.0 Å². The van der Waals surface area contributed by atoms with Crippen LogP contribution in [0, 0.1) is 31.6 Å². The van der Waals surface area contributed by atoms with Gasteiger partial charge in [-0.05, 0) is 125 Å². The van der Waals surface area contributed by atoms with Crippen LogP contribution in [0.1, 0.15) is 5.56 Å². The number of alkyl halides is 3. The second-order valence-electron chi connectivity index (χ2n) is 31.0. The number of hydrogen-bond donors (Lipinski definition) is 4. The number of nitro benzene ring substituents is 2. The average Bonchev–Trinajstić information content (AvgIpc) is 1.60. The zero-order chi connectivity index (χ0) is 95.0. The van der Waals surface area contributed by atoms with Crippen LogP contribution in [-0.2, 0) is 40.1 Å². The minimum absolute atomic E-state index is 0.00486. The summed E-state index contributed by atoms with van der Waals surface area (Å²) in [5.41, 5.74) is 13.0. The average molecular weight is 1880 g/mol. The Labute approximate surface area is 762 Å². The van der Waals surface area contributed by atoms with E-state index in [2.05, 4.69) is 60.3 Å². The van der Waals surface area contributed by atoms with Gasteiger partial charge in [0.1, 0.15) is 22.6 Å². The predicted molar refractivity (Wildman–Crippen MR) is 504 cm³/mol. The number of nitriles is 1. The van der Waals surface area contributed by atoms with Gasteiger partial charge in [-0.25, -0.2) is 19.9 Å². The first-order valence-corrected chi connectivity index (χ1v) is 46.0. The number of hydrogen-bond acceptors (Lipinski definition) is 25. The molecule has 4 N–H and O–H groups in total. The maximum absolute atomic E-state index is 13.1. The fraction of sp³-hybridized carbons (Fsp3) is 0.0978. The van der Waals surface area contributed by atoms with E-state index >= 15 is 0 Å². The van der Waals surface area contributed by atoms with Gasteiger partial charge in [0.15, 0.2) is 4.90 Å². The SMILES string of the molecule is CN(C)c1ccc(-c2cnc3[nH]cc(-c4cnn(S(=O)(=O)C(F)(F)F)c4)c3c2)cc1.CN(C)c1ccc(-c2cnc3[nH]cc(-c4cnn(S(=O)(=O)c5cccc(C#N)c5)c4)c3c2)cc1.CN(C)c1ccc(-c2cnc3[nH]cc(-c4cnn(S(=O)(=O)c5cccc([N+](=O)[O-])c5)c4)c3c2)cc1.CN(C)c1ccc(-c2cnc3[nH]cc(-c4cnn(S(=O)(=O)c5ccccc5[N+](=O)[O-])c4)c3c2)cc1. The number of anilines is 4. The third kappa shape index (κ3) is 18.2. The van der Waals surface area contributed by atoms with Gasteiger partial charge in [0.05, 0.1) is 80.8 Å². The highest BCUT2D eigenvalue weighted by atomic mass is 32.2. The third-order valence-electron chi connectivity index (χ3n) is 21.7. The summed E-state index contributed by atoms with van der Waals surface area (Å²) in [6.45, 7) is 0. The lowest BCUT2D eigenvalue weighted by Crippen LogP contribution is -2.30. The van der Waals surface area contributed by atoms with E-state index in [4.69, 9.17) is 5.26 Å². The van der Waals surface area contributed by atoms with Crippen molar-refractivity contribution >= 4 is 118 Å². The molecule has 0 unspecified atom stereocenters. The maximum Gasteiger partial charge on any atom is 0.518 e. The summed E-state index contributed by atoms with van der Waals surface area (Å²) in [6.07, 6.45) is 24.3. The smallest absolute Gasteiger partial charge is 0.378 e. The Morgan fingerprint density at radius 1 is 0.351 bits per heavy atom. The molecule has 0 aliphatic carbocycles. The Bertz CT molecular complexity index is 8250. The van der Waals surface area contributed by atoms with Crippen LogP contribution in [-0.4, -0.2) is 182 Å². The summed E-state index contributed by atoms with van der Waals surface area (Å²) in [5, 5.41) is 50.1. The third-order valence-corrected chi connectivity index (χ3v) is 27.6. The van der Waals surface area contributed by atoms with Crippen molar-refractivity contribution in [2.45, 2.75) is 20.2 Å². The number of rotatable bonds is 21. The molecule has 0 atom stereocenters. The number of non-ortho nitro benzene ring substituents is 1. The highest BCUT2D eigenvalue weighted by molar-refractivity contribution is 7.91. The molecule has 676 valence electrons. The summed E-state index contributed by atoms with van der Waals surface area (Å²) in [6, 6.07) is 57.9. The van der Waals surface area contributed by atoms with Crippen molar-refractivity contribution in [3.8, 4) is 95.1 Å². The Hall–Kier alpha value is -16.8. The van der Waals surface area contributed by atoms with E-state index in [0.717, 1.165) is 131 Å². The Balaban J connectivity index is 0.000000130. The van der Waals surface area contributed by atoms with E-state index in [1.54, 1.807) is 49.4 Å². The monoisotopic (exact) mass is 1880 g/mol. The maximum atomic E-state index is 13.1. The highest BCUT2D eigenvalue weighted by Gasteiger charge is 2.48. The minimum atomic E-state index is -5.59. The molecule has 0 aliphatic rings. The molecule has 12 aromatic heterocycles. The number of benzene rings is 7. The van der Waals surface area contributed by atoms with Gasteiger partial charge >= 0.3 is 15.5 Å². The molecule has 12 heterocycles. The second-order valence-corrected chi connectivity index (χ2v) is 38.2. The molecule has 0 radical (unpaired) electrons. The molecule has 19 aromatic rings. The van der Waals surface area contributed by atoms with Crippen LogP contribution in [0.5, 0.6) is 0 Å². The van der Waals surface area contributed by atoms with E-state index in [9.17, 15) is 67.1 Å². The lowest BCUT2D eigenvalue weighted by Gasteiger charge is -2.12. The van der Waals surface area contributed by atoms with Crippen molar-refractivity contribution in [2.24, 2.45) is 0 Å². The Kier molecular flexibility index (Phi) is 24.5. The number of para-hydroxylation sites is 1. The van der Waals surface area contributed by atoms with Crippen molar-refractivity contribution in [1.82, 2.24) is 76.6 Å². The molecular formula is C92H76F3N23O12S4. The molecule has 0 aliphatic heterocycles. The highest BCUT2D eigenvalue weighted by Crippen LogP contribution is 2.40. The summed E-state index contributed by atoms with van der Waals surface area (Å²) >= 11 is 0. The molecule has 0 saturated heterocycles. The molecule has 0 amide bonds. The quantitative estimate of drug-likeness (QED) is 0.0383. The lowest BCUT2D eigenvalue weighted by molar-refractivity contribution is -0.387. The van der Waals surface area contributed by atoms with Gasteiger partial charge in [-0.1, -0.05) is 72.8 Å². The first-order chi connectivity index (χ1) is 63.9. The van der Waals surface area contributed by atoms with E-state index in [0.29, 0.717) is 55.8 Å². The molecule has 0 bridgehead atoms. The largest absolute Gasteiger partial charge is 0.518 e. The number of nitrogens with zero attached hydrogens (tertiary/aromatic N) is 19. The fourth-order valence-corrected chi connectivity index (χ4v) is 18.7. The van der Waals surface area contributed by atoms with E-state index in [1.807, 2.05) is 210 Å². The molecule has 0 spiro atoms. The number of pyridine rings is 4. The van der Waals surface area contributed by atoms with Gasteiger partial charge in [0, 0.05) is 235 Å². The Morgan fingerprint density at radius 2 is 0.657 bits per heavy atom. The number of aromatic amines is 4. The minimum Gasteiger partial charge on any atom is -0.378 e. The van der Waals surface area contributed by atoms with Gasteiger partial charge in [-0.15, -0.1) is 0 Å². The summed E-state index contributed by atoms with van der Waals surface area (Å²) in [7, 11) is -2.11. The van der Waals surface area contributed by atoms with E-state index in [1.165, 1.54) is 91.8 Å². The summed E-state index contributed by atoms with van der Waals surface area (Å²) in [5.74, 6) is 0. The van der Waals surface area contributed by atoms with Crippen LogP contribution in [0.4, 0.5) is 47.3 Å². The number of aromatic nitrogens is 16. The number of halogens is 3. The van der Waals surface area contributed by atoms with Gasteiger partial charge in [0.2, 0.25) is 0 Å². The van der Waals surface area contributed by atoms with Crippen molar-refractivity contribution in [1.29, 1.82) is 5.26 Å². The number of nitrogens with one attached hydrogen (secondary N) is 4. The van der Waals surface area contributed by atoms with Crippen LogP contribution >= 0.6 is 0 Å². The first kappa shape index (κ1) is 90.6. The van der Waals surface area contributed by atoms with Crippen LogP contribution in [0.2, 0.25) is 0 Å². The number of nitro groups is 2. The van der Waals surface area contributed by atoms with Crippen LogP contribution < -0.4 is 19.6 Å². The molecule has 42 heteroatoms. The van der Waals surface area contributed by atoms with Crippen molar-refractivity contribution < 1.29 is 56.7 Å². The lowest BCUT2D eigenvalue weighted by atomic mass is 10.0. The number of fused-ring (bicyclic) bond motifs is 4. The topological polar surface area (TPSA) is 446 Å². The summed E-state index contributed by atoms with van der Waals surface area (Å²) in [4.78, 5) is 58.7. The normalized spacial score (nSPS) is 11.7. The van der Waals surface area contributed by atoms with Gasteiger partial charge in [-0.3, -0.25) is 20.2 Å². The van der Waals surface area contributed by atoms with Gasteiger partial charge in [-0.2, -0.15) is 88.8 Å². The van der Waals surface area contributed by atoms with Gasteiger partial charge in [0.25, 0.3) is 41.4 Å². The molecular weight excluding hydrogens is 1800 g/mol. The molecule has 0 fully saturated rings. The number of H-pyrrole nitrogens is 4. The first-order valence-electron chi connectivity index (χ1n) is 40.2. The zero-order valence-electron chi connectivity index (χ0n) is 71.9. The molecule has 35 nitrogen and oxygen atoms in total. The molecule has 19 rings (SSSR count). The van der Waals surface area contributed by atoms with Crippen molar-refractivity contribution in [2.75, 3.05) is 76.0 Å². The second kappa shape index (κ2) is 36.3. The van der Waals surface area contributed by atoms with Gasteiger partial charge < -0.3 is 39.5 Å².